The highest BCUT2D eigenvalue weighted by molar-refractivity contribution is 5.91. The Bertz CT molecular complexity index is 871. The van der Waals surface area contributed by atoms with Crippen molar-refractivity contribution in [3.05, 3.63) is 89.1 Å². The van der Waals surface area contributed by atoms with Crippen LogP contribution in [0.2, 0.25) is 0 Å². The van der Waals surface area contributed by atoms with Crippen LogP contribution in [0.4, 0.5) is 11.5 Å². The van der Waals surface area contributed by atoms with Crippen LogP contribution in [-0.4, -0.2) is 10.9 Å². The number of pyridine rings is 1. The average Bonchev–Trinajstić information content (AvgIpc) is 2.62. The number of aryl methyl sites for hydroxylation is 2. The van der Waals surface area contributed by atoms with Crippen molar-refractivity contribution in [2.45, 2.75) is 26.8 Å². The van der Waals surface area contributed by atoms with E-state index < -0.39 is 0 Å². The van der Waals surface area contributed by atoms with Crippen molar-refractivity contribution in [2.24, 2.45) is 0 Å². The fraction of sp³-hybridized carbons (Fsp3) is 0.182. The van der Waals surface area contributed by atoms with Gasteiger partial charge in [-0.25, -0.2) is 4.98 Å². The summed E-state index contributed by atoms with van der Waals surface area (Å²) < 4.78 is 0. The van der Waals surface area contributed by atoms with Crippen LogP contribution in [0.1, 0.15) is 22.3 Å². The van der Waals surface area contributed by atoms with Crippen LogP contribution in [0.25, 0.3) is 0 Å². The number of carbonyl (C=O) groups excluding carboxylic acids is 1. The largest absolute Gasteiger partial charge is 0.380 e. The van der Waals surface area contributed by atoms with Crippen molar-refractivity contribution in [1.82, 2.24) is 4.98 Å². The number of hydrogen-bond donors (Lipinski definition) is 2. The number of benzene rings is 2. The highest BCUT2D eigenvalue weighted by Gasteiger charge is 2.05. The summed E-state index contributed by atoms with van der Waals surface area (Å²) in [6, 6.07) is 20.1. The summed E-state index contributed by atoms with van der Waals surface area (Å²) in [6.45, 7) is 4.83. The molecule has 1 aromatic heterocycles. The molecular weight excluding hydrogens is 322 g/mol. The average molecular weight is 345 g/mol. The van der Waals surface area contributed by atoms with E-state index in [1.54, 1.807) is 6.20 Å². The molecule has 4 nitrogen and oxygen atoms in total. The normalized spacial score (nSPS) is 10.4. The van der Waals surface area contributed by atoms with Gasteiger partial charge in [0, 0.05) is 6.54 Å². The molecule has 0 saturated carbocycles. The number of aromatic nitrogens is 1. The molecule has 0 bridgehead atoms. The van der Waals surface area contributed by atoms with Crippen molar-refractivity contribution < 1.29 is 4.79 Å². The van der Waals surface area contributed by atoms with E-state index in [0.717, 1.165) is 23.4 Å². The maximum absolute atomic E-state index is 12.1. The monoisotopic (exact) mass is 345 g/mol. The van der Waals surface area contributed by atoms with Gasteiger partial charge in [0.05, 0.1) is 18.3 Å². The van der Waals surface area contributed by atoms with Crippen LogP contribution >= 0.6 is 0 Å². The van der Waals surface area contributed by atoms with Gasteiger partial charge < -0.3 is 10.6 Å². The Balaban J connectivity index is 1.52. The molecule has 1 heterocycles. The number of nitrogens with zero attached hydrogens (tertiary/aromatic N) is 1. The van der Waals surface area contributed by atoms with Gasteiger partial charge in [0.1, 0.15) is 5.82 Å². The van der Waals surface area contributed by atoms with Crippen molar-refractivity contribution in [3.8, 4) is 0 Å². The molecular formula is C22H23N3O. The zero-order valence-corrected chi connectivity index (χ0v) is 15.1. The first-order valence-electron chi connectivity index (χ1n) is 8.69. The van der Waals surface area contributed by atoms with Crippen LogP contribution in [0.15, 0.2) is 66.9 Å². The fourth-order valence-corrected chi connectivity index (χ4v) is 2.68. The second-order valence-electron chi connectivity index (χ2n) is 6.49. The third-order valence-corrected chi connectivity index (χ3v) is 4.10. The SMILES string of the molecule is Cc1ccc(CNc2ccc(NC(=O)Cc3cccc(C)c3)nc2)cc1. The molecule has 3 rings (SSSR count). The van der Waals surface area contributed by atoms with Crippen LogP contribution in [-0.2, 0) is 17.8 Å². The minimum atomic E-state index is -0.0662. The first-order valence-corrected chi connectivity index (χ1v) is 8.69. The molecule has 4 heteroatoms. The zero-order valence-electron chi connectivity index (χ0n) is 15.1. The molecule has 0 fully saturated rings. The van der Waals surface area contributed by atoms with Gasteiger partial charge in [0.15, 0.2) is 0 Å². The third-order valence-electron chi connectivity index (χ3n) is 4.10. The van der Waals surface area contributed by atoms with E-state index in [0.29, 0.717) is 12.2 Å². The minimum absolute atomic E-state index is 0.0662. The highest BCUT2D eigenvalue weighted by atomic mass is 16.1. The van der Waals surface area contributed by atoms with Crippen LogP contribution in [0.5, 0.6) is 0 Å². The predicted octanol–water partition coefficient (Wildman–Crippen LogP) is 4.49. The van der Waals surface area contributed by atoms with Crippen LogP contribution in [0, 0.1) is 13.8 Å². The van der Waals surface area contributed by atoms with Crippen LogP contribution in [0.3, 0.4) is 0 Å². The summed E-state index contributed by atoms with van der Waals surface area (Å²) in [5.41, 5.74) is 5.53. The van der Waals surface area contributed by atoms with E-state index in [4.69, 9.17) is 0 Å². The maximum Gasteiger partial charge on any atom is 0.229 e. The standard InChI is InChI=1S/C22H23N3O/c1-16-6-8-18(9-7-16)14-23-20-10-11-21(24-15-20)25-22(26)13-19-5-3-4-17(2)12-19/h3-12,15,23H,13-14H2,1-2H3,(H,24,25,26). The Kier molecular flexibility index (Phi) is 5.64. The van der Waals surface area contributed by atoms with E-state index in [-0.39, 0.29) is 5.91 Å². The Labute approximate surface area is 154 Å². The van der Waals surface area contributed by atoms with Crippen molar-refractivity contribution in [3.63, 3.8) is 0 Å². The Morgan fingerprint density at radius 2 is 1.73 bits per heavy atom. The van der Waals surface area contributed by atoms with Crippen molar-refractivity contribution >= 4 is 17.4 Å². The summed E-state index contributed by atoms with van der Waals surface area (Å²) >= 11 is 0. The Hall–Kier alpha value is -3.14. The van der Waals surface area contributed by atoms with E-state index in [2.05, 4.69) is 46.8 Å². The first kappa shape index (κ1) is 17.7. The lowest BCUT2D eigenvalue weighted by molar-refractivity contribution is -0.115. The zero-order chi connectivity index (χ0) is 18.4. The van der Waals surface area contributed by atoms with Crippen LogP contribution < -0.4 is 10.6 Å². The molecule has 0 spiro atoms. The fourth-order valence-electron chi connectivity index (χ4n) is 2.68. The van der Waals surface area contributed by atoms with Gasteiger partial charge in [-0.1, -0.05) is 59.7 Å². The molecule has 132 valence electrons. The summed E-state index contributed by atoms with van der Waals surface area (Å²) in [7, 11) is 0. The number of amides is 1. The molecule has 0 aliphatic carbocycles. The number of carbonyl (C=O) groups is 1. The molecule has 0 unspecified atom stereocenters. The molecule has 26 heavy (non-hydrogen) atoms. The predicted molar refractivity (Wildman–Crippen MR) is 106 cm³/mol. The Morgan fingerprint density at radius 1 is 0.923 bits per heavy atom. The van der Waals surface area contributed by atoms with Gasteiger partial charge in [0.2, 0.25) is 5.91 Å². The quantitative estimate of drug-likeness (QED) is 0.692. The lowest BCUT2D eigenvalue weighted by Crippen LogP contribution is -2.15. The van der Waals surface area contributed by atoms with Crippen molar-refractivity contribution in [2.75, 3.05) is 10.6 Å². The minimum Gasteiger partial charge on any atom is -0.380 e. The molecule has 3 aromatic rings. The van der Waals surface area contributed by atoms with Crippen molar-refractivity contribution in [1.29, 1.82) is 0 Å². The number of anilines is 2. The number of rotatable bonds is 6. The van der Waals surface area contributed by atoms with Gasteiger partial charge in [-0.3, -0.25) is 4.79 Å². The number of nitrogens with one attached hydrogen (secondary N) is 2. The third kappa shape index (κ3) is 5.18. The molecule has 0 saturated heterocycles. The molecule has 0 atom stereocenters. The van der Waals surface area contributed by atoms with Gasteiger partial charge in [0.25, 0.3) is 0 Å². The molecule has 0 radical (unpaired) electrons. The lowest BCUT2D eigenvalue weighted by atomic mass is 10.1. The first-order chi connectivity index (χ1) is 12.6. The highest BCUT2D eigenvalue weighted by Crippen LogP contribution is 2.13. The van der Waals surface area contributed by atoms with Gasteiger partial charge >= 0.3 is 0 Å². The topological polar surface area (TPSA) is 54.0 Å². The Morgan fingerprint density at radius 3 is 2.42 bits per heavy atom. The lowest BCUT2D eigenvalue weighted by Gasteiger charge is -2.09. The van der Waals surface area contributed by atoms with E-state index in [1.807, 2.05) is 43.3 Å². The molecule has 2 N–H and O–H groups in total. The van der Waals surface area contributed by atoms with Gasteiger partial charge in [-0.05, 0) is 37.1 Å². The molecule has 0 aliphatic rings. The smallest absolute Gasteiger partial charge is 0.229 e. The molecule has 1 amide bonds. The van der Waals surface area contributed by atoms with E-state index >= 15 is 0 Å². The second kappa shape index (κ2) is 8.30. The van der Waals surface area contributed by atoms with Gasteiger partial charge in [-0.2, -0.15) is 0 Å². The summed E-state index contributed by atoms with van der Waals surface area (Å²) in [4.78, 5) is 16.5. The summed E-state index contributed by atoms with van der Waals surface area (Å²) in [5.74, 6) is 0.493. The summed E-state index contributed by atoms with van der Waals surface area (Å²) in [5, 5.41) is 6.17. The maximum atomic E-state index is 12.1. The van der Waals surface area contributed by atoms with Gasteiger partial charge in [-0.15, -0.1) is 0 Å². The summed E-state index contributed by atoms with van der Waals surface area (Å²) in [6.07, 6.45) is 2.08. The number of hydrogen-bond acceptors (Lipinski definition) is 3. The molecule has 0 aliphatic heterocycles. The van der Waals surface area contributed by atoms with E-state index in [1.165, 1.54) is 11.1 Å². The second-order valence-corrected chi connectivity index (χ2v) is 6.49. The van der Waals surface area contributed by atoms with E-state index in [9.17, 15) is 4.79 Å². The molecule has 2 aromatic carbocycles.